The first kappa shape index (κ1) is 22.8. The molecule has 1 unspecified atom stereocenters. The molecule has 4 rings (SSSR count). The van der Waals surface area contributed by atoms with Crippen molar-refractivity contribution in [2.75, 3.05) is 53.2 Å². The minimum Gasteiger partial charge on any atom is -0.364 e. The molecule has 0 aromatic heterocycles. The Morgan fingerprint density at radius 2 is 1.74 bits per heavy atom. The Balaban J connectivity index is 1.45. The quantitative estimate of drug-likeness (QED) is 0.263. The van der Waals surface area contributed by atoms with Crippen LogP contribution in [0.3, 0.4) is 0 Å². The average molecular weight is 492 g/mol. The molecule has 0 radical (unpaired) electrons. The van der Waals surface area contributed by atoms with Crippen LogP contribution in [0.1, 0.15) is 6.42 Å². The van der Waals surface area contributed by atoms with E-state index >= 15 is 0 Å². The molecule has 4 nitrogen and oxygen atoms in total. The lowest BCUT2D eigenvalue weighted by molar-refractivity contribution is 0.253. The summed E-state index contributed by atoms with van der Waals surface area (Å²) in [6.07, 6.45) is 9.73. The largest absolute Gasteiger partial charge is 0.364 e. The summed E-state index contributed by atoms with van der Waals surface area (Å²) < 4.78 is 0. The third kappa shape index (κ3) is 5.18. The molecule has 2 aliphatic rings. The number of hydrogen-bond donors (Lipinski definition) is 2. The molecule has 2 aliphatic heterocycles. The first-order valence-electron chi connectivity index (χ1n) is 10.3. The fraction of sp³-hybridized carbons (Fsp3) is 0.348. The van der Waals surface area contributed by atoms with Crippen LogP contribution in [0.25, 0.3) is 0 Å². The molecule has 2 heterocycles. The highest BCUT2D eigenvalue weighted by Gasteiger charge is 2.32. The molecule has 31 heavy (non-hydrogen) atoms. The second-order valence-corrected chi connectivity index (χ2v) is 15.1. The van der Waals surface area contributed by atoms with Crippen LogP contribution >= 0.6 is 43.4 Å². The molecule has 0 spiro atoms. The molecule has 1 atom stereocenters. The summed E-state index contributed by atoms with van der Waals surface area (Å²) in [5.74, 6) is 3.05. The van der Waals surface area contributed by atoms with Crippen molar-refractivity contribution in [2.24, 2.45) is 0 Å². The standard InChI is InChI=1S/C23H29N3OS4/c1-28-20-7-5-8-21(29-2)22(20)25-23(27)24-17-31(16-6-15-30-31)19-11-9-18(10-12-19)26-13-3-4-14-26/h3-5,7-12H,6,13-17H2,1-2H3,(H2,24,25,27). The Hall–Kier alpha value is -1.35. The maximum Gasteiger partial charge on any atom is 0.319 e. The van der Waals surface area contributed by atoms with E-state index in [0.717, 1.165) is 28.6 Å². The fourth-order valence-corrected chi connectivity index (χ4v) is 11.5. The minimum absolute atomic E-state index is 0.115. The van der Waals surface area contributed by atoms with Gasteiger partial charge >= 0.3 is 6.03 Å². The van der Waals surface area contributed by atoms with Crippen LogP contribution in [-0.4, -0.2) is 49.0 Å². The van der Waals surface area contributed by atoms with Gasteiger partial charge < -0.3 is 15.5 Å². The van der Waals surface area contributed by atoms with Gasteiger partial charge in [-0.05, 0) is 61.1 Å². The van der Waals surface area contributed by atoms with Crippen molar-refractivity contribution >= 4 is 60.8 Å². The molecule has 8 heteroatoms. The number of urea groups is 1. The molecular weight excluding hydrogens is 463 g/mol. The van der Waals surface area contributed by atoms with Crippen LogP contribution < -0.4 is 15.5 Å². The van der Waals surface area contributed by atoms with E-state index in [0.29, 0.717) is 5.88 Å². The molecule has 0 saturated carbocycles. The zero-order chi connectivity index (χ0) is 21.7. The average Bonchev–Trinajstić information content (AvgIpc) is 3.51. The highest BCUT2D eigenvalue weighted by molar-refractivity contribution is 8.94. The van der Waals surface area contributed by atoms with Gasteiger partial charge in [0.25, 0.3) is 0 Å². The van der Waals surface area contributed by atoms with E-state index in [4.69, 9.17) is 0 Å². The SMILES string of the molecule is CSc1cccc(SC)c1NC(=O)NCS1(c2ccc(N3CC=CC3)cc2)CCCS1. The van der Waals surface area contributed by atoms with E-state index < -0.39 is 9.06 Å². The second-order valence-electron chi connectivity index (χ2n) is 7.37. The lowest BCUT2D eigenvalue weighted by atomic mass is 10.3. The van der Waals surface area contributed by atoms with E-state index in [1.807, 2.05) is 18.6 Å². The highest BCUT2D eigenvalue weighted by Crippen LogP contribution is 2.69. The first-order valence-corrected chi connectivity index (χ1v) is 16.3. The number of nitrogens with zero attached hydrogens (tertiary/aromatic N) is 1. The zero-order valence-electron chi connectivity index (χ0n) is 17.9. The van der Waals surface area contributed by atoms with E-state index in [1.54, 1.807) is 23.5 Å². The van der Waals surface area contributed by atoms with E-state index in [9.17, 15) is 4.79 Å². The molecule has 2 N–H and O–H groups in total. The van der Waals surface area contributed by atoms with E-state index in [1.165, 1.54) is 28.5 Å². The van der Waals surface area contributed by atoms with Crippen molar-refractivity contribution < 1.29 is 4.79 Å². The maximum atomic E-state index is 12.9. The summed E-state index contributed by atoms with van der Waals surface area (Å²) in [6.45, 7) is 1.98. The van der Waals surface area contributed by atoms with Crippen LogP contribution in [0.15, 0.2) is 69.3 Å². The molecule has 1 fully saturated rings. The molecule has 0 aliphatic carbocycles. The molecule has 166 valence electrons. The third-order valence-corrected chi connectivity index (χ3v) is 14.0. The van der Waals surface area contributed by atoms with Crippen molar-refractivity contribution in [3.63, 3.8) is 0 Å². The normalized spacial score (nSPS) is 22.3. The number of benzene rings is 2. The molecule has 0 bridgehead atoms. The lowest BCUT2D eigenvalue weighted by Gasteiger charge is -2.35. The van der Waals surface area contributed by atoms with Gasteiger partial charge in [0, 0.05) is 39.2 Å². The first-order chi connectivity index (χ1) is 15.1. The number of rotatable bonds is 7. The smallest absolute Gasteiger partial charge is 0.319 e. The van der Waals surface area contributed by atoms with Crippen LogP contribution in [0.2, 0.25) is 0 Å². The van der Waals surface area contributed by atoms with Gasteiger partial charge in [-0.1, -0.05) is 18.2 Å². The van der Waals surface area contributed by atoms with Gasteiger partial charge in [0.2, 0.25) is 0 Å². The topological polar surface area (TPSA) is 44.4 Å². The number of para-hydroxylation sites is 1. The molecule has 2 aromatic carbocycles. The van der Waals surface area contributed by atoms with E-state index in [-0.39, 0.29) is 6.03 Å². The van der Waals surface area contributed by atoms with Crippen molar-refractivity contribution in [1.82, 2.24) is 5.32 Å². The summed E-state index contributed by atoms with van der Waals surface area (Å²) in [4.78, 5) is 18.8. The maximum absolute atomic E-state index is 12.9. The number of thioether (sulfide) groups is 2. The van der Waals surface area contributed by atoms with Gasteiger partial charge in [-0.3, -0.25) is 0 Å². The third-order valence-electron chi connectivity index (χ3n) is 5.51. The summed E-state index contributed by atoms with van der Waals surface area (Å²) in [6, 6.07) is 15.1. The monoisotopic (exact) mass is 491 g/mol. The Kier molecular flexibility index (Phi) is 7.74. The van der Waals surface area contributed by atoms with Crippen molar-refractivity contribution in [3.05, 3.63) is 54.6 Å². The number of hydrogen-bond acceptors (Lipinski definition) is 5. The van der Waals surface area contributed by atoms with Crippen molar-refractivity contribution in [2.45, 2.75) is 21.1 Å². The van der Waals surface area contributed by atoms with Gasteiger partial charge in [-0.2, -0.15) is 0 Å². The van der Waals surface area contributed by atoms with Crippen LogP contribution in [0, 0.1) is 0 Å². The Labute approximate surface area is 199 Å². The summed E-state index contributed by atoms with van der Waals surface area (Å²) in [5, 5.41) is 6.33. The van der Waals surface area contributed by atoms with Gasteiger partial charge in [-0.15, -0.1) is 43.4 Å². The fourth-order valence-electron chi connectivity index (χ4n) is 3.86. The number of anilines is 2. The lowest BCUT2D eigenvalue weighted by Crippen LogP contribution is -2.32. The molecule has 2 aromatic rings. The predicted molar refractivity (Wildman–Crippen MR) is 143 cm³/mol. The van der Waals surface area contributed by atoms with Gasteiger partial charge in [0.05, 0.1) is 11.6 Å². The van der Waals surface area contributed by atoms with Crippen LogP contribution in [0.4, 0.5) is 16.2 Å². The molecular formula is C23H29N3OS4. The van der Waals surface area contributed by atoms with Gasteiger partial charge in [0.1, 0.15) is 0 Å². The second kappa shape index (κ2) is 10.5. The van der Waals surface area contributed by atoms with Crippen LogP contribution in [0.5, 0.6) is 0 Å². The predicted octanol–water partition coefficient (Wildman–Crippen LogP) is 6.50. The van der Waals surface area contributed by atoms with Gasteiger partial charge in [0.15, 0.2) is 0 Å². The van der Waals surface area contributed by atoms with Gasteiger partial charge in [-0.25, -0.2) is 4.79 Å². The zero-order valence-corrected chi connectivity index (χ0v) is 21.2. The Morgan fingerprint density at radius 1 is 1.06 bits per heavy atom. The Bertz CT molecular complexity index is 912. The number of amides is 2. The minimum atomic E-state index is -1.10. The molecule has 2 amide bonds. The summed E-state index contributed by atoms with van der Waals surface area (Å²) >= 11 is 3.31. The number of nitrogens with one attached hydrogen (secondary N) is 2. The highest BCUT2D eigenvalue weighted by atomic mass is 33.2. The Morgan fingerprint density at radius 3 is 2.32 bits per heavy atom. The van der Waals surface area contributed by atoms with Crippen LogP contribution in [-0.2, 0) is 0 Å². The van der Waals surface area contributed by atoms with Crippen molar-refractivity contribution in [1.29, 1.82) is 0 Å². The summed E-state index contributed by atoms with van der Waals surface area (Å²) in [7, 11) is 0.953. The summed E-state index contributed by atoms with van der Waals surface area (Å²) in [5.41, 5.74) is 2.18. The molecule has 1 saturated heterocycles. The number of carbonyl (C=O) groups excluding carboxylic acids is 1. The van der Waals surface area contributed by atoms with E-state index in [2.05, 4.69) is 74.9 Å². The number of carbonyl (C=O) groups is 1. The van der Waals surface area contributed by atoms with Crippen molar-refractivity contribution in [3.8, 4) is 0 Å².